The highest BCUT2D eigenvalue weighted by molar-refractivity contribution is 9.10. The molecule has 0 radical (unpaired) electrons. The minimum atomic E-state index is 0.297. The second-order valence-corrected chi connectivity index (χ2v) is 6.44. The molecule has 1 N–H and O–H groups in total. The van der Waals surface area contributed by atoms with Gasteiger partial charge in [0.05, 0.1) is 5.52 Å². The van der Waals surface area contributed by atoms with E-state index in [-0.39, 0.29) is 0 Å². The SMILES string of the molecule is CCc1nc2ccc(Oc3ccc(Br)cc3)c(C)c2c(O)c1C. The van der Waals surface area contributed by atoms with Crippen LogP contribution >= 0.6 is 15.9 Å². The summed E-state index contributed by atoms with van der Waals surface area (Å²) in [4.78, 5) is 4.65. The summed E-state index contributed by atoms with van der Waals surface area (Å²) in [5.74, 6) is 1.77. The maximum Gasteiger partial charge on any atom is 0.131 e. The highest BCUT2D eigenvalue weighted by Gasteiger charge is 2.15. The highest BCUT2D eigenvalue weighted by atomic mass is 79.9. The molecule has 0 aliphatic heterocycles. The largest absolute Gasteiger partial charge is 0.507 e. The highest BCUT2D eigenvalue weighted by Crippen LogP contribution is 2.37. The van der Waals surface area contributed by atoms with E-state index < -0.39 is 0 Å². The van der Waals surface area contributed by atoms with E-state index in [1.807, 2.05) is 57.2 Å². The van der Waals surface area contributed by atoms with Crippen molar-refractivity contribution in [2.45, 2.75) is 27.2 Å². The maximum absolute atomic E-state index is 10.6. The van der Waals surface area contributed by atoms with Gasteiger partial charge >= 0.3 is 0 Å². The smallest absolute Gasteiger partial charge is 0.131 e. The van der Waals surface area contributed by atoms with Crippen LogP contribution in [-0.4, -0.2) is 10.1 Å². The van der Waals surface area contributed by atoms with Gasteiger partial charge in [-0.1, -0.05) is 22.9 Å². The molecule has 0 aliphatic rings. The fourth-order valence-corrected chi connectivity index (χ4v) is 2.97. The van der Waals surface area contributed by atoms with Gasteiger partial charge in [0.2, 0.25) is 0 Å². The van der Waals surface area contributed by atoms with Crippen molar-refractivity contribution >= 4 is 26.8 Å². The first-order chi connectivity index (χ1) is 11.0. The van der Waals surface area contributed by atoms with Crippen LogP contribution in [0.25, 0.3) is 10.9 Å². The lowest BCUT2D eigenvalue weighted by Crippen LogP contribution is -1.97. The predicted molar refractivity (Wildman–Crippen MR) is 96.5 cm³/mol. The molecule has 0 amide bonds. The molecule has 0 unspecified atom stereocenters. The molecule has 0 aliphatic carbocycles. The fraction of sp³-hybridized carbons (Fsp3) is 0.211. The number of halogens is 1. The quantitative estimate of drug-likeness (QED) is 0.644. The maximum atomic E-state index is 10.6. The molecule has 2 aromatic carbocycles. The number of benzene rings is 2. The Morgan fingerprint density at radius 2 is 1.74 bits per heavy atom. The number of ether oxygens (including phenoxy) is 1. The summed E-state index contributed by atoms with van der Waals surface area (Å²) in [6.07, 6.45) is 0.797. The topological polar surface area (TPSA) is 42.4 Å². The Hall–Kier alpha value is -2.07. The molecule has 23 heavy (non-hydrogen) atoms. The van der Waals surface area contributed by atoms with Crippen molar-refractivity contribution in [1.82, 2.24) is 4.98 Å². The number of rotatable bonds is 3. The third-order valence-electron chi connectivity index (χ3n) is 4.05. The number of aromatic nitrogens is 1. The average Bonchev–Trinajstić information content (AvgIpc) is 2.55. The molecule has 0 saturated carbocycles. The van der Waals surface area contributed by atoms with E-state index in [4.69, 9.17) is 4.74 Å². The Bertz CT molecular complexity index is 873. The van der Waals surface area contributed by atoms with Crippen LogP contribution < -0.4 is 4.74 Å². The molecular formula is C19H18BrNO2. The number of aryl methyl sites for hydroxylation is 2. The normalized spacial score (nSPS) is 11.0. The number of hydrogen-bond donors (Lipinski definition) is 1. The second kappa shape index (κ2) is 6.20. The van der Waals surface area contributed by atoms with E-state index >= 15 is 0 Å². The third-order valence-corrected chi connectivity index (χ3v) is 4.58. The van der Waals surface area contributed by atoms with Crippen LogP contribution in [0.1, 0.15) is 23.7 Å². The molecule has 1 heterocycles. The molecule has 4 heteroatoms. The first-order valence-electron chi connectivity index (χ1n) is 7.56. The van der Waals surface area contributed by atoms with Gasteiger partial charge in [-0.3, -0.25) is 4.98 Å². The Balaban J connectivity index is 2.11. The minimum Gasteiger partial charge on any atom is -0.507 e. The molecule has 0 fully saturated rings. The zero-order valence-corrected chi connectivity index (χ0v) is 14.9. The summed E-state index contributed by atoms with van der Waals surface area (Å²) < 4.78 is 6.97. The zero-order valence-electron chi connectivity index (χ0n) is 13.4. The van der Waals surface area contributed by atoms with Crippen molar-refractivity contribution in [3.63, 3.8) is 0 Å². The van der Waals surface area contributed by atoms with E-state index in [9.17, 15) is 5.11 Å². The van der Waals surface area contributed by atoms with Crippen molar-refractivity contribution in [1.29, 1.82) is 0 Å². The molecule has 3 nitrogen and oxygen atoms in total. The monoisotopic (exact) mass is 371 g/mol. The summed E-state index contributed by atoms with van der Waals surface area (Å²) in [5.41, 5.74) is 3.45. The average molecular weight is 372 g/mol. The molecule has 0 atom stereocenters. The van der Waals surface area contributed by atoms with Crippen molar-refractivity contribution < 1.29 is 9.84 Å². The summed E-state index contributed by atoms with van der Waals surface area (Å²) in [6.45, 7) is 5.89. The van der Waals surface area contributed by atoms with E-state index in [1.165, 1.54) is 0 Å². The Morgan fingerprint density at radius 3 is 2.39 bits per heavy atom. The lowest BCUT2D eigenvalue weighted by atomic mass is 10.0. The van der Waals surface area contributed by atoms with Crippen molar-refractivity contribution in [2.75, 3.05) is 0 Å². The summed E-state index contributed by atoms with van der Waals surface area (Å²) in [7, 11) is 0. The molecule has 0 bridgehead atoms. The van der Waals surface area contributed by atoms with E-state index in [0.717, 1.165) is 50.1 Å². The number of hydrogen-bond acceptors (Lipinski definition) is 3. The van der Waals surface area contributed by atoms with Crippen molar-refractivity contribution in [2.24, 2.45) is 0 Å². The molecule has 1 aromatic heterocycles. The van der Waals surface area contributed by atoms with Gasteiger partial charge < -0.3 is 9.84 Å². The van der Waals surface area contributed by atoms with Gasteiger partial charge in [-0.25, -0.2) is 0 Å². The first kappa shape index (κ1) is 15.8. The van der Waals surface area contributed by atoms with Gasteiger partial charge in [0.1, 0.15) is 17.2 Å². The molecule has 3 aromatic rings. The van der Waals surface area contributed by atoms with Gasteiger partial charge in [-0.05, 0) is 56.7 Å². The number of nitrogens with zero attached hydrogens (tertiary/aromatic N) is 1. The van der Waals surface area contributed by atoms with Crippen molar-refractivity contribution in [3.8, 4) is 17.2 Å². The van der Waals surface area contributed by atoms with Crippen LogP contribution in [0.5, 0.6) is 17.2 Å². The van der Waals surface area contributed by atoms with Gasteiger partial charge in [0, 0.05) is 26.7 Å². The third kappa shape index (κ3) is 2.91. The van der Waals surface area contributed by atoms with Crippen LogP contribution in [0, 0.1) is 13.8 Å². The summed E-state index contributed by atoms with van der Waals surface area (Å²) in [5, 5.41) is 11.3. The minimum absolute atomic E-state index is 0.297. The van der Waals surface area contributed by atoms with Crippen molar-refractivity contribution in [3.05, 3.63) is 57.7 Å². The molecule has 118 valence electrons. The standard InChI is InChI=1S/C19H18BrNO2/c1-4-15-11(2)19(22)18-12(3)17(10-9-16(18)21-15)23-14-7-5-13(20)6-8-14/h5-10H,4H2,1-3H3,(H,21,22). The molecule has 0 spiro atoms. The summed E-state index contributed by atoms with van der Waals surface area (Å²) >= 11 is 3.41. The number of aromatic hydroxyl groups is 1. The zero-order chi connectivity index (χ0) is 16.6. The fourth-order valence-electron chi connectivity index (χ4n) is 2.71. The number of pyridine rings is 1. The molecule has 3 rings (SSSR count). The van der Waals surface area contributed by atoms with Gasteiger partial charge in [0.25, 0.3) is 0 Å². The van der Waals surface area contributed by atoms with Crippen LogP contribution in [0.3, 0.4) is 0 Å². The van der Waals surface area contributed by atoms with Crippen LogP contribution in [0.2, 0.25) is 0 Å². The summed E-state index contributed by atoms with van der Waals surface area (Å²) in [6, 6.07) is 11.5. The van der Waals surface area contributed by atoms with Gasteiger partial charge in [-0.2, -0.15) is 0 Å². The van der Waals surface area contributed by atoms with Crippen LogP contribution in [0.15, 0.2) is 40.9 Å². The number of fused-ring (bicyclic) bond motifs is 1. The van der Waals surface area contributed by atoms with Crippen LogP contribution in [0.4, 0.5) is 0 Å². The van der Waals surface area contributed by atoms with Gasteiger partial charge in [-0.15, -0.1) is 0 Å². The van der Waals surface area contributed by atoms with E-state index in [1.54, 1.807) is 0 Å². The van der Waals surface area contributed by atoms with E-state index in [2.05, 4.69) is 20.9 Å². The van der Waals surface area contributed by atoms with E-state index in [0.29, 0.717) is 5.75 Å². The van der Waals surface area contributed by atoms with Crippen LogP contribution in [-0.2, 0) is 6.42 Å². The molecular weight excluding hydrogens is 354 g/mol. The molecule has 0 saturated heterocycles. The lowest BCUT2D eigenvalue weighted by Gasteiger charge is -2.14. The Morgan fingerprint density at radius 1 is 1.04 bits per heavy atom. The van der Waals surface area contributed by atoms with Gasteiger partial charge in [0.15, 0.2) is 0 Å². The second-order valence-electron chi connectivity index (χ2n) is 5.52. The predicted octanol–water partition coefficient (Wildman–Crippen LogP) is 5.67. The Labute approximate surface area is 144 Å². The lowest BCUT2D eigenvalue weighted by molar-refractivity contribution is 0.470. The Kier molecular flexibility index (Phi) is 4.26. The first-order valence-corrected chi connectivity index (χ1v) is 8.35.